The van der Waals surface area contributed by atoms with Crippen LogP contribution in [0.15, 0.2) is 23.1 Å². The second kappa shape index (κ2) is 5.41. The summed E-state index contributed by atoms with van der Waals surface area (Å²) in [5.41, 5.74) is -0.525. The van der Waals surface area contributed by atoms with Crippen molar-refractivity contribution in [1.82, 2.24) is 9.21 Å². The molecule has 0 saturated carbocycles. The van der Waals surface area contributed by atoms with Gasteiger partial charge in [-0.25, -0.2) is 17.6 Å². The van der Waals surface area contributed by atoms with E-state index in [1.165, 1.54) is 11.9 Å². The summed E-state index contributed by atoms with van der Waals surface area (Å²) >= 11 is 0. The van der Waals surface area contributed by atoms with Crippen molar-refractivity contribution in [2.75, 3.05) is 26.7 Å². The van der Waals surface area contributed by atoms with E-state index in [2.05, 4.69) is 0 Å². The first-order valence-corrected chi connectivity index (χ1v) is 7.44. The summed E-state index contributed by atoms with van der Waals surface area (Å²) in [4.78, 5) is 23.4. The van der Waals surface area contributed by atoms with Gasteiger partial charge in [0.1, 0.15) is 5.82 Å². The number of carbonyl (C=O) groups is 2. The van der Waals surface area contributed by atoms with Crippen molar-refractivity contribution in [2.45, 2.75) is 4.90 Å². The van der Waals surface area contributed by atoms with Crippen LogP contribution in [0.25, 0.3) is 0 Å². The van der Waals surface area contributed by atoms with Gasteiger partial charge in [-0.2, -0.15) is 4.31 Å². The molecular weight excluding hydrogens is 303 g/mol. The molecule has 0 bridgehead atoms. The molecule has 1 N–H and O–H groups in total. The molecule has 1 heterocycles. The van der Waals surface area contributed by atoms with Gasteiger partial charge in [0.25, 0.3) is 0 Å². The first-order chi connectivity index (χ1) is 9.73. The largest absolute Gasteiger partial charge is 0.478 e. The molecule has 114 valence electrons. The zero-order valence-electron chi connectivity index (χ0n) is 11.1. The van der Waals surface area contributed by atoms with Gasteiger partial charge in [0.2, 0.25) is 15.9 Å². The summed E-state index contributed by atoms with van der Waals surface area (Å²) in [6.45, 7) is -0.176. The third kappa shape index (κ3) is 2.88. The van der Waals surface area contributed by atoms with Gasteiger partial charge in [-0.1, -0.05) is 0 Å². The maximum atomic E-state index is 13.3. The van der Waals surface area contributed by atoms with E-state index in [1.54, 1.807) is 0 Å². The molecular formula is C12H13FN2O5S. The fraction of sp³-hybridized carbons (Fsp3) is 0.333. The van der Waals surface area contributed by atoms with Crippen LogP contribution in [0.4, 0.5) is 4.39 Å². The van der Waals surface area contributed by atoms with Crippen molar-refractivity contribution in [3.8, 4) is 0 Å². The number of carboxylic acid groups (broad SMARTS) is 1. The first-order valence-electron chi connectivity index (χ1n) is 6.00. The summed E-state index contributed by atoms with van der Waals surface area (Å²) in [5, 5.41) is 9.03. The zero-order chi connectivity index (χ0) is 15.8. The lowest BCUT2D eigenvalue weighted by molar-refractivity contribution is -0.132. The van der Waals surface area contributed by atoms with Gasteiger partial charge >= 0.3 is 5.97 Å². The van der Waals surface area contributed by atoms with E-state index in [0.29, 0.717) is 6.07 Å². The molecule has 1 amide bonds. The van der Waals surface area contributed by atoms with Gasteiger partial charge in [0, 0.05) is 20.1 Å². The van der Waals surface area contributed by atoms with E-state index in [4.69, 9.17) is 5.11 Å². The van der Waals surface area contributed by atoms with Crippen LogP contribution in [-0.2, 0) is 14.8 Å². The Hall–Kier alpha value is -2.00. The number of carbonyl (C=O) groups excluding carboxylic acids is 1. The molecule has 1 fully saturated rings. The van der Waals surface area contributed by atoms with Crippen molar-refractivity contribution in [3.05, 3.63) is 29.6 Å². The van der Waals surface area contributed by atoms with Gasteiger partial charge in [0.15, 0.2) is 0 Å². The lowest BCUT2D eigenvalue weighted by Crippen LogP contribution is -2.50. The van der Waals surface area contributed by atoms with Crippen molar-refractivity contribution < 1.29 is 27.5 Å². The van der Waals surface area contributed by atoms with Crippen LogP contribution in [0, 0.1) is 5.82 Å². The molecule has 0 spiro atoms. The van der Waals surface area contributed by atoms with Gasteiger partial charge < -0.3 is 10.0 Å². The number of nitrogens with zero attached hydrogens (tertiary/aromatic N) is 2. The monoisotopic (exact) mass is 316 g/mol. The predicted molar refractivity (Wildman–Crippen MR) is 69.8 cm³/mol. The normalized spacial score (nSPS) is 17.0. The number of rotatable bonds is 3. The molecule has 0 aliphatic carbocycles. The molecule has 1 aliphatic heterocycles. The maximum Gasteiger partial charge on any atom is 0.337 e. The molecule has 7 nitrogen and oxygen atoms in total. The Morgan fingerprint density at radius 2 is 2.00 bits per heavy atom. The Morgan fingerprint density at radius 1 is 1.33 bits per heavy atom. The van der Waals surface area contributed by atoms with E-state index in [-0.39, 0.29) is 13.1 Å². The Labute approximate surface area is 120 Å². The third-order valence-corrected chi connectivity index (χ3v) is 5.10. The van der Waals surface area contributed by atoms with Crippen LogP contribution in [0.2, 0.25) is 0 Å². The summed E-state index contributed by atoms with van der Waals surface area (Å²) in [6.07, 6.45) is 0. The first kappa shape index (κ1) is 15.4. The predicted octanol–water partition coefficient (Wildman–Crippen LogP) is -0.0134. The average Bonchev–Trinajstić information content (AvgIpc) is 2.41. The van der Waals surface area contributed by atoms with Crippen molar-refractivity contribution in [1.29, 1.82) is 0 Å². The third-order valence-electron chi connectivity index (χ3n) is 3.21. The maximum absolute atomic E-state index is 13.3. The number of hydrogen-bond donors (Lipinski definition) is 1. The smallest absolute Gasteiger partial charge is 0.337 e. The lowest BCUT2D eigenvalue weighted by Gasteiger charge is -2.31. The van der Waals surface area contributed by atoms with Crippen LogP contribution >= 0.6 is 0 Å². The van der Waals surface area contributed by atoms with Gasteiger partial charge in [-0.15, -0.1) is 0 Å². The average molecular weight is 316 g/mol. The molecule has 2 rings (SSSR count). The highest BCUT2D eigenvalue weighted by Crippen LogP contribution is 2.23. The van der Waals surface area contributed by atoms with Crippen molar-refractivity contribution in [3.63, 3.8) is 0 Å². The number of halogens is 1. The second-order valence-electron chi connectivity index (χ2n) is 4.60. The Kier molecular flexibility index (Phi) is 3.97. The van der Waals surface area contributed by atoms with E-state index in [0.717, 1.165) is 16.4 Å². The summed E-state index contributed by atoms with van der Waals surface area (Å²) < 4.78 is 39.0. The van der Waals surface area contributed by atoms with Crippen LogP contribution < -0.4 is 0 Å². The molecule has 1 aliphatic rings. The number of benzene rings is 1. The summed E-state index contributed by atoms with van der Waals surface area (Å²) in [7, 11) is -2.71. The van der Waals surface area contributed by atoms with Crippen molar-refractivity contribution >= 4 is 21.9 Å². The highest BCUT2D eigenvalue weighted by molar-refractivity contribution is 7.89. The summed E-state index contributed by atoms with van der Waals surface area (Å²) in [6, 6.07) is 2.42. The Morgan fingerprint density at radius 3 is 2.57 bits per heavy atom. The van der Waals surface area contributed by atoms with E-state index in [1.807, 2.05) is 0 Å². The minimum absolute atomic E-state index is 0.0279. The SMILES string of the molecule is CN1CCN(S(=O)(=O)c2cc(F)ccc2C(=O)O)CC1=O. The number of likely N-dealkylation sites (N-methyl/N-ethyl adjacent to an activating group) is 1. The molecule has 0 unspecified atom stereocenters. The number of amides is 1. The Balaban J connectivity index is 2.47. The van der Waals surface area contributed by atoms with Gasteiger partial charge in [0.05, 0.1) is 17.0 Å². The van der Waals surface area contributed by atoms with E-state index < -0.39 is 44.7 Å². The molecule has 1 aromatic carbocycles. The van der Waals surface area contributed by atoms with Crippen LogP contribution in [0.5, 0.6) is 0 Å². The molecule has 1 saturated heterocycles. The number of aromatic carboxylic acids is 1. The van der Waals surface area contributed by atoms with Gasteiger partial charge in [-0.3, -0.25) is 4.79 Å². The fourth-order valence-corrected chi connectivity index (χ4v) is 3.54. The molecule has 0 atom stereocenters. The van der Waals surface area contributed by atoms with Gasteiger partial charge in [-0.05, 0) is 18.2 Å². The number of piperazine rings is 1. The topological polar surface area (TPSA) is 95.0 Å². The molecule has 1 aromatic rings. The molecule has 21 heavy (non-hydrogen) atoms. The fourth-order valence-electron chi connectivity index (χ4n) is 1.97. The Bertz CT molecular complexity index is 704. The minimum Gasteiger partial charge on any atom is -0.478 e. The quantitative estimate of drug-likeness (QED) is 0.846. The highest BCUT2D eigenvalue weighted by Gasteiger charge is 2.34. The lowest BCUT2D eigenvalue weighted by atomic mass is 10.2. The number of hydrogen-bond acceptors (Lipinski definition) is 4. The molecule has 0 radical (unpaired) electrons. The van der Waals surface area contributed by atoms with Crippen LogP contribution in [-0.4, -0.2) is 61.3 Å². The molecule has 9 heteroatoms. The van der Waals surface area contributed by atoms with Crippen LogP contribution in [0.1, 0.15) is 10.4 Å². The van der Waals surface area contributed by atoms with E-state index in [9.17, 15) is 22.4 Å². The second-order valence-corrected chi connectivity index (χ2v) is 6.51. The van der Waals surface area contributed by atoms with Crippen molar-refractivity contribution in [2.24, 2.45) is 0 Å². The van der Waals surface area contributed by atoms with E-state index >= 15 is 0 Å². The summed E-state index contributed by atoms with van der Waals surface area (Å²) in [5.74, 6) is -2.74. The zero-order valence-corrected chi connectivity index (χ0v) is 11.9. The minimum atomic E-state index is -4.25. The van der Waals surface area contributed by atoms with Crippen LogP contribution in [0.3, 0.4) is 0 Å². The number of carboxylic acids is 1. The molecule has 0 aromatic heterocycles. The standard InChI is InChI=1S/C12H13FN2O5S/c1-14-4-5-15(7-11(14)16)21(19,20)10-6-8(13)2-3-9(10)12(17)18/h2-3,6H,4-5,7H2,1H3,(H,17,18). The highest BCUT2D eigenvalue weighted by atomic mass is 32.2. The number of sulfonamides is 1.